The Bertz CT molecular complexity index is 1480. The predicted octanol–water partition coefficient (Wildman–Crippen LogP) is 6.16. The number of rotatable bonds is 5. The quantitative estimate of drug-likeness (QED) is 0.371. The SMILES string of the molecule is Cc1cc([C@@H](C)Nc2ccccc2C(=O)O)c2oc(-c3ccc(C#N)cc3)c(Cl)c(=O)c2c1. The van der Waals surface area contributed by atoms with Crippen LogP contribution in [0.3, 0.4) is 0 Å². The monoisotopic (exact) mass is 458 g/mol. The first kappa shape index (κ1) is 22.1. The number of nitrogens with zero attached hydrogens (tertiary/aromatic N) is 1. The summed E-state index contributed by atoms with van der Waals surface area (Å²) in [7, 11) is 0. The zero-order valence-electron chi connectivity index (χ0n) is 17.8. The molecule has 0 unspecified atom stereocenters. The summed E-state index contributed by atoms with van der Waals surface area (Å²) in [5, 5.41) is 22.1. The normalized spacial score (nSPS) is 11.7. The molecule has 1 aromatic heterocycles. The maximum Gasteiger partial charge on any atom is 0.337 e. The maximum atomic E-state index is 13.1. The molecule has 0 aliphatic rings. The number of carbonyl (C=O) groups is 1. The highest BCUT2D eigenvalue weighted by Crippen LogP contribution is 2.34. The number of hydrogen-bond donors (Lipinski definition) is 2. The van der Waals surface area contributed by atoms with Crippen molar-refractivity contribution in [3.8, 4) is 17.4 Å². The van der Waals surface area contributed by atoms with E-state index in [0.29, 0.717) is 33.3 Å². The van der Waals surface area contributed by atoms with Crippen LogP contribution < -0.4 is 10.7 Å². The van der Waals surface area contributed by atoms with E-state index in [1.165, 1.54) is 6.07 Å². The van der Waals surface area contributed by atoms with Gasteiger partial charge in [-0.15, -0.1) is 0 Å². The van der Waals surface area contributed by atoms with Gasteiger partial charge in [0, 0.05) is 16.8 Å². The second-order valence-corrected chi connectivity index (χ2v) is 8.09. The molecule has 0 saturated carbocycles. The van der Waals surface area contributed by atoms with Crippen LogP contribution in [-0.4, -0.2) is 11.1 Å². The number of aryl methyl sites for hydroxylation is 1. The predicted molar refractivity (Wildman–Crippen MR) is 128 cm³/mol. The van der Waals surface area contributed by atoms with Crippen molar-refractivity contribution in [1.29, 1.82) is 5.26 Å². The molecule has 0 amide bonds. The summed E-state index contributed by atoms with van der Waals surface area (Å²) in [5.74, 6) is -0.831. The summed E-state index contributed by atoms with van der Waals surface area (Å²) in [6.07, 6.45) is 0. The molecule has 0 bridgehead atoms. The number of para-hydroxylation sites is 1. The van der Waals surface area contributed by atoms with Crippen LogP contribution in [0, 0.1) is 18.3 Å². The minimum absolute atomic E-state index is 0.0411. The molecule has 3 aromatic carbocycles. The second-order valence-electron chi connectivity index (χ2n) is 7.71. The molecule has 0 aliphatic carbocycles. The summed E-state index contributed by atoms with van der Waals surface area (Å²) in [4.78, 5) is 24.7. The van der Waals surface area contributed by atoms with Crippen molar-refractivity contribution in [2.24, 2.45) is 0 Å². The lowest BCUT2D eigenvalue weighted by Gasteiger charge is -2.19. The first-order valence-corrected chi connectivity index (χ1v) is 10.5. The number of anilines is 1. The number of halogens is 1. The molecule has 164 valence electrons. The van der Waals surface area contributed by atoms with E-state index in [2.05, 4.69) is 11.4 Å². The van der Waals surface area contributed by atoms with E-state index in [1.54, 1.807) is 48.5 Å². The molecule has 6 nitrogen and oxygen atoms in total. The summed E-state index contributed by atoms with van der Waals surface area (Å²) in [5.41, 5.74) is 3.18. The molecule has 0 spiro atoms. The maximum absolute atomic E-state index is 13.1. The highest BCUT2D eigenvalue weighted by atomic mass is 35.5. The number of fused-ring (bicyclic) bond motifs is 1. The lowest BCUT2D eigenvalue weighted by Crippen LogP contribution is -2.13. The zero-order valence-corrected chi connectivity index (χ0v) is 18.6. The molecule has 33 heavy (non-hydrogen) atoms. The molecule has 1 heterocycles. The Morgan fingerprint density at radius 2 is 1.85 bits per heavy atom. The van der Waals surface area contributed by atoms with Gasteiger partial charge in [-0.1, -0.05) is 29.8 Å². The van der Waals surface area contributed by atoms with E-state index in [9.17, 15) is 14.7 Å². The average molecular weight is 459 g/mol. The van der Waals surface area contributed by atoms with Gasteiger partial charge in [-0.25, -0.2) is 4.79 Å². The Morgan fingerprint density at radius 3 is 2.52 bits per heavy atom. The summed E-state index contributed by atoms with van der Waals surface area (Å²) in [6, 6.07) is 18.5. The number of carboxylic acid groups (broad SMARTS) is 1. The van der Waals surface area contributed by atoms with E-state index in [1.807, 2.05) is 19.9 Å². The summed E-state index contributed by atoms with van der Waals surface area (Å²) in [6.45, 7) is 3.73. The summed E-state index contributed by atoms with van der Waals surface area (Å²) >= 11 is 6.40. The standard InChI is InChI=1S/C26H19ClN2O4/c1-14-11-19(15(2)29-21-6-4-3-5-18(21)26(31)32)25-20(12-14)23(30)22(27)24(33-25)17-9-7-16(13-28)8-10-17/h3-12,15,29H,1-2H3,(H,31,32)/t15-/m1/s1. The number of nitrogens with one attached hydrogen (secondary N) is 1. The highest BCUT2D eigenvalue weighted by molar-refractivity contribution is 6.33. The fraction of sp³-hybridized carbons (Fsp3) is 0.115. The second kappa shape index (κ2) is 8.81. The molecular weight excluding hydrogens is 440 g/mol. The number of hydrogen-bond acceptors (Lipinski definition) is 5. The van der Waals surface area contributed by atoms with Crippen molar-refractivity contribution in [2.45, 2.75) is 19.9 Å². The molecule has 7 heteroatoms. The smallest absolute Gasteiger partial charge is 0.337 e. The van der Waals surface area contributed by atoms with Gasteiger partial charge in [0.1, 0.15) is 10.6 Å². The molecular formula is C26H19ClN2O4. The molecule has 0 radical (unpaired) electrons. The van der Waals surface area contributed by atoms with Gasteiger partial charge in [0.15, 0.2) is 5.76 Å². The fourth-order valence-corrected chi connectivity index (χ4v) is 4.01. The van der Waals surface area contributed by atoms with Gasteiger partial charge >= 0.3 is 5.97 Å². The van der Waals surface area contributed by atoms with Crippen molar-refractivity contribution in [2.75, 3.05) is 5.32 Å². The average Bonchev–Trinajstić information content (AvgIpc) is 2.81. The largest absolute Gasteiger partial charge is 0.478 e. The Kier molecular flexibility index (Phi) is 5.91. The van der Waals surface area contributed by atoms with Gasteiger partial charge in [-0.05, 0) is 61.9 Å². The first-order valence-electron chi connectivity index (χ1n) is 10.2. The lowest BCUT2D eigenvalue weighted by molar-refractivity contribution is 0.0698. The Labute approximate surface area is 194 Å². The highest BCUT2D eigenvalue weighted by Gasteiger charge is 2.21. The van der Waals surface area contributed by atoms with E-state index in [-0.39, 0.29) is 27.8 Å². The van der Waals surface area contributed by atoms with Gasteiger partial charge in [-0.3, -0.25) is 4.79 Å². The minimum Gasteiger partial charge on any atom is -0.478 e. The Balaban J connectivity index is 1.88. The van der Waals surface area contributed by atoms with Gasteiger partial charge < -0.3 is 14.8 Å². The fourth-order valence-electron chi connectivity index (χ4n) is 3.76. The van der Waals surface area contributed by atoms with Crippen LogP contribution >= 0.6 is 11.6 Å². The number of benzene rings is 3. The van der Waals surface area contributed by atoms with E-state index >= 15 is 0 Å². The lowest BCUT2D eigenvalue weighted by atomic mass is 10.00. The van der Waals surface area contributed by atoms with Crippen LogP contribution in [0.1, 0.15) is 40.0 Å². The van der Waals surface area contributed by atoms with Gasteiger partial charge in [0.25, 0.3) is 0 Å². The topological polar surface area (TPSA) is 103 Å². The number of carboxylic acids is 1. The molecule has 1 atom stereocenters. The van der Waals surface area contributed by atoms with Crippen LogP contribution in [-0.2, 0) is 0 Å². The van der Waals surface area contributed by atoms with E-state index < -0.39 is 5.97 Å². The van der Waals surface area contributed by atoms with Crippen LogP contribution in [0.5, 0.6) is 0 Å². The van der Waals surface area contributed by atoms with Crippen LogP contribution in [0.15, 0.2) is 69.9 Å². The molecule has 2 N–H and O–H groups in total. The zero-order chi connectivity index (χ0) is 23.7. The van der Waals surface area contributed by atoms with Crippen molar-refractivity contribution in [1.82, 2.24) is 0 Å². The number of nitriles is 1. The minimum atomic E-state index is -1.04. The van der Waals surface area contributed by atoms with Crippen molar-refractivity contribution in [3.05, 3.63) is 98.2 Å². The van der Waals surface area contributed by atoms with E-state index in [4.69, 9.17) is 21.3 Å². The van der Waals surface area contributed by atoms with E-state index in [0.717, 1.165) is 5.56 Å². The summed E-state index contributed by atoms with van der Waals surface area (Å²) < 4.78 is 6.18. The Hall–Kier alpha value is -4.08. The molecule has 0 saturated heterocycles. The van der Waals surface area contributed by atoms with Gasteiger partial charge in [0.2, 0.25) is 5.43 Å². The first-order chi connectivity index (χ1) is 15.8. The van der Waals surface area contributed by atoms with Crippen molar-refractivity contribution in [3.63, 3.8) is 0 Å². The molecule has 0 aliphatic heterocycles. The van der Waals surface area contributed by atoms with Crippen LogP contribution in [0.25, 0.3) is 22.3 Å². The molecule has 4 aromatic rings. The van der Waals surface area contributed by atoms with Crippen LogP contribution in [0.4, 0.5) is 5.69 Å². The third kappa shape index (κ3) is 4.19. The van der Waals surface area contributed by atoms with Gasteiger partial charge in [-0.2, -0.15) is 5.26 Å². The third-order valence-electron chi connectivity index (χ3n) is 5.38. The molecule has 0 fully saturated rings. The molecule has 4 rings (SSSR count). The third-order valence-corrected chi connectivity index (χ3v) is 5.72. The van der Waals surface area contributed by atoms with Crippen molar-refractivity contribution >= 4 is 34.2 Å². The Morgan fingerprint density at radius 1 is 1.15 bits per heavy atom. The van der Waals surface area contributed by atoms with Gasteiger partial charge in [0.05, 0.1) is 28.6 Å². The van der Waals surface area contributed by atoms with Crippen molar-refractivity contribution < 1.29 is 14.3 Å². The van der Waals surface area contributed by atoms with Crippen LogP contribution in [0.2, 0.25) is 5.02 Å². The number of aromatic carboxylic acids is 1.